The lowest BCUT2D eigenvalue weighted by atomic mass is 10.0. The van der Waals surface area contributed by atoms with E-state index in [-0.39, 0.29) is 12.3 Å². The van der Waals surface area contributed by atoms with Crippen molar-refractivity contribution in [1.82, 2.24) is 5.16 Å². The van der Waals surface area contributed by atoms with E-state index in [1.807, 2.05) is 0 Å². The highest BCUT2D eigenvalue weighted by Gasteiger charge is 2.20. The van der Waals surface area contributed by atoms with Crippen LogP contribution in [0.1, 0.15) is 5.56 Å². The number of hydrogen-bond donors (Lipinski definition) is 1. The number of aromatic nitrogens is 1. The molecule has 0 saturated heterocycles. The molecule has 0 fully saturated rings. The number of halogens is 1. The van der Waals surface area contributed by atoms with Gasteiger partial charge in [0.15, 0.2) is 5.76 Å². The average molecular weight is 331 g/mol. The van der Waals surface area contributed by atoms with Gasteiger partial charge in [-0.25, -0.2) is 0 Å². The van der Waals surface area contributed by atoms with Crippen LogP contribution in [-0.2, 0) is 6.61 Å². The van der Waals surface area contributed by atoms with Gasteiger partial charge < -0.3 is 9.63 Å². The summed E-state index contributed by atoms with van der Waals surface area (Å²) in [5.74, 6) is 0.386. The molecule has 0 amide bonds. The second kappa shape index (κ2) is 6.20. The zero-order chi connectivity index (χ0) is 16.4. The molecule has 1 N–H and O–H groups in total. The third kappa shape index (κ3) is 2.94. The van der Waals surface area contributed by atoms with Gasteiger partial charge in [0, 0.05) is 28.3 Å². The van der Waals surface area contributed by atoms with E-state index in [4.69, 9.17) is 16.1 Å². The van der Waals surface area contributed by atoms with Crippen molar-refractivity contribution in [3.05, 3.63) is 69.2 Å². The molecule has 3 aromatic rings. The second-order valence-electron chi connectivity index (χ2n) is 4.81. The molecule has 0 saturated carbocycles. The van der Waals surface area contributed by atoms with Crippen molar-refractivity contribution in [3.63, 3.8) is 0 Å². The maximum Gasteiger partial charge on any atom is 0.270 e. The average Bonchev–Trinajstić information content (AvgIpc) is 2.99. The number of nitro groups is 1. The van der Waals surface area contributed by atoms with Crippen molar-refractivity contribution in [2.45, 2.75) is 6.61 Å². The Balaban J connectivity index is 2.12. The number of aliphatic hydroxyl groups excluding tert-OH is 1. The van der Waals surface area contributed by atoms with Gasteiger partial charge in [-0.3, -0.25) is 10.1 Å². The Kier molecular flexibility index (Phi) is 4.10. The van der Waals surface area contributed by atoms with Crippen LogP contribution in [0.15, 0.2) is 53.1 Å². The summed E-state index contributed by atoms with van der Waals surface area (Å²) >= 11 is 5.97. The fourth-order valence-electron chi connectivity index (χ4n) is 2.31. The minimum Gasteiger partial charge on any atom is -0.391 e. The summed E-state index contributed by atoms with van der Waals surface area (Å²) in [6, 6.07) is 13.0. The Morgan fingerprint density at radius 2 is 1.91 bits per heavy atom. The van der Waals surface area contributed by atoms with Gasteiger partial charge in [0.1, 0.15) is 5.69 Å². The first-order chi connectivity index (χ1) is 11.1. The Bertz CT molecular complexity index is 876. The zero-order valence-electron chi connectivity index (χ0n) is 11.8. The van der Waals surface area contributed by atoms with E-state index in [1.54, 1.807) is 36.4 Å². The summed E-state index contributed by atoms with van der Waals surface area (Å²) < 4.78 is 5.34. The number of hydrogen-bond acceptors (Lipinski definition) is 5. The van der Waals surface area contributed by atoms with Gasteiger partial charge in [0.05, 0.1) is 17.1 Å². The van der Waals surface area contributed by atoms with Gasteiger partial charge in [0.25, 0.3) is 5.69 Å². The van der Waals surface area contributed by atoms with Crippen LogP contribution in [0.5, 0.6) is 0 Å². The quantitative estimate of drug-likeness (QED) is 0.575. The molecule has 0 unspecified atom stereocenters. The van der Waals surface area contributed by atoms with Gasteiger partial charge in [-0.15, -0.1) is 0 Å². The molecular weight excluding hydrogens is 320 g/mol. The van der Waals surface area contributed by atoms with E-state index in [1.165, 1.54) is 12.1 Å². The van der Waals surface area contributed by atoms with E-state index >= 15 is 0 Å². The first kappa shape index (κ1) is 15.2. The smallest absolute Gasteiger partial charge is 0.270 e. The predicted octanol–water partition coefficient (Wildman–Crippen LogP) is 4.06. The maximum absolute atomic E-state index is 10.9. The van der Waals surface area contributed by atoms with Crippen molar-refractivity contribution in [2.24, 2.45) is 0 Å². The maximum atomic E-state index is 10.9. The molecule has 0 radical (unpaired) electrons. The Hall–Kier alpha value is -2.70. The van der Waals surface area contributed by atoms with E-state index in [0.717, 1.165) is 0 Å². The summed E-state index contributed by atoms with van der Waals surface area (Å²) in [5.41, 5.74) is 1.93. The highest BCUT2D eigenvalue weighted by molar-refractivity contribution is 6.30. The Morgan fingerprint density at radius 3 is 2.61 bits per heavy atom. The van der Waals surface area contributed by atoms with Crippen LogP contribution in [0.3, 0.4) is 0 Å². The van der Waals surface area contributed by atoms with Crippen molar-refractivity contribution in [3.8, 4) is 22.6 Å². The third-order valence-electron chi connectivity index (χ3n) is 3.36. The van der Waals surface area contributed by atoms with Crippen LogP contribution in [0.4, 0.5) is 5.69 Å². The molecule has 2 aromatic carbocycles. The summed E-state index contributed by atoms with van der Waals surface area (Å²) in [6.45, 7) is -0.316. The van der Waals surface area contributed by atoms with Crippen molar-refractivity contribution >= 4 is 17.3 Å². The fraction of sp³-hybridized carbons (Fsp3) is 0.0625. The monoisotopic (exact) mass is 330 g/mol. The first-order valence-electron chi connectivity index (χ1n) is 6.70. The first-order valence-corrected chi connectivity index (χ1v) is 7.08. The number of benzene rings is 2. The van der Waals surface area contributed by atoms with Gasteiger partial charge in [-0.05, 0) is 12.1 Å². The molecule has 0 aliphatic rings. The van der Waals surface area contributed by atoms with Crippen molar-refractivity contribution < 1.29 is 14.6 Å². The second-order valence-corrected chi connectivity index (χ2v) is 5.25. The fourth-order valence-corrected chi connectivity index (χ4v) is 2.50. The molecule has 116 valence electrons. The van der Waals surface area contributed by atoms with Crippen LogP contribution in [-0.4, -0.2) is 15.2 Å². The molecule has 6 nitrogen and oxygen atoms in total. The van der Waals surface area contributed by atoms with Crippen LogP contribution in [0.2, 0.25) is 5.02 Å². The number of non-ortho nitro benzene ring substituents is 1. The highest BCUT2D eigenvalue weighted by Crippen LogP contribution is 2.34. The van der Waals surface area contributed by atoms with Gasteiger partial charge in [0.2, 0.25) is 0 Å². The molecule has 0 atom stereocenters. The minimum absolute atomic E-state index is 0.0568. The third-order valence-corrected chi connectivity index (χ3v) is 3.60. The molecular formula is C16H11ClN2O4. The van der Waals surface area contributed by atoms with E-state index in [9.17, 15) is 15.2 Å². The van der Waals surface area contributed by atoms with Gasteiger partial charge >= 0.3 is 0 Å². The standard InChI is InChI=1S/C16H11ClN2O4/c17-12-5-1-4-11(7-12)16-14(9-20)15(18-23-16)10-3-2-6-13(8-10)19(21)22/h1-8,20H,9H2. The largest absolute Gasteiger partial charge is 0.391 e. The summed E-state index contributed by atoms with van der Waals surface area (Å²) in [4.78, 5) is 10.4. The lowest BCUT2D eigenvalue weighted by Gasteiger charge is -2.02. The zero-order valence-corrected chi connectivity index (χ0v) is 12.5. The van der Waals surface area contributed by atoms with Crippen LogP contribution >= 0.6 is 11.6 Å². The topological polar surface area (TPSA) is 89.4 Å². The SMILES string of the molecule is O=[N+]([O-])c1cccc(-c2noc(-c3cccc(Cl)c3)c2CO)c1. The Labute approximate surface area is 136 Å². The molecule has 0 aliphatic carbocycles. The van der Waals surface area contributed by atoms with E-state index in [2.05, 4.69) is 5.16 Å². The number of aliphatic hydroxyl groups is 1. The lowest BCUT2D eigenvalue weighted by molar-refractivity contribution is -0.384. The molecule has 3 rings (SSSR count). The summed E-state index contributed by atoms with van der Waals surface area (Å²) in [7, 11) is 0. The van der Waals surface area contributed by atoms with Crippen LogP contribution < -0.4 is 0 Å². The van der Waals surface area contributed by atoms with Gasteiger partial charge in [-0.2, -0.15) is 0 Å². The molecule has 0 aliphatic heterocycles. The Morgan fingerprint density at radius 1 is 1.17 bits per heavy atom. The number of rotatable bonds is 4. The predicted molar refractivity (Wildman–Crippen MR) is 85.0 cm³/mol. The van der Waals surface area contributed by atoms with Gasteiger partial charge in [-0.1, -0.05) is 41.0 Å². The molecule has 23 heavy (non-hydrogen) atoms. The highest BCUT2D eigenvalue weighted by atomic mass is 35.5. The number of nitro benzene ring substituents is 1. The van der Waals surface area contributed by atoms with Crippen molar-refractivity contribution in [2.75, 3.05) is 0 Å². The van der Waals surface area contributed by atoms with Crippen LogP contribution in [0, 0.1) is 10.1 Å². The summed E-state index contributed by atoms with van der Waals surface area (Å²) in [5, 5.41) is 25.1. The summed E-state index contributed by atoms with van der Waals surface area (Å²) in [6.07, 6.45) is 0. The molecule has 1 heterocycles. The normalized spacial score (nSPS) is 10.7. The van der Waals surface area contributed by atoms with Crippen LogP contribution in [0.25, 0.3) is 22.6 Å². The minimum atomic E-state index is -0.486. The van der Waals surface area contributed by atoms with E-state index < -0.39 is 4.92 Å². The van der Waals surface area contributed by atoms with E-state index in [0.29, 0.717) is 33.2 Å². The molecule has 1 aromatic heterocycles. The molecule has 0 bridgehead atoms. The lowest BCUT2D eigenvalue weighted by Crippen LogP contribution is -1.91. The molecule has 7 heteroatoms. The molecule has 0 spiro atoms. The van der Waals surface area contributed by atoms with Crippen molar-refractivity contribution in [1.29, 1.82) is 0 Å². The number of nitrogens with zero attached hydrogens (tertiary/aromatic N) is 2.